The van der Waals surface area contributed by atoms with Crippen LogP contribution in [0.5, 0.6) is 0 Å². The highest BCUT2D eigenvalue weighted by molar-refractivity contribution is 7.90. The normalized spacial score (nSPS) is 11.7. The average Bonchev–Trinajstić information content (AvgIpc) is 2.84. The van der Waals surface area contributed by atoms with E-state index >= 15 is 0 Å². The van der Waals surface area contributed by atoms with Gasteiger partial charge >= 0.3 is 12.1 Å². The number of ether oxygens (including phenoxy) is 3. The van der Waals surface area contributed by atoms with Crippen molar-refractivity contribution in [3.05, 3.63) is 86.0 Å². The van der Waals surface area contributed by atoms with E-state index in [1.54, 1.807) is 37.3 Å². The van der Waals surface area contributed by atoms with Gasteiger partial charge < -0.3 is 14.2 Å². The van der Waals surface area contributed by atoms with Gasteiger partial charge in [0.15, 0.2) is 9.84 Å². The molecule has 2 aromatic rings. The molecule has 0 N–H and O–H groups in total. The van der Waals surface area contributed by atoms with Crippen LogP contribution in [0.25, 0.3) is 11.1 Å². The lowest BCUT2D eigenvalue weighted by Crippen LogP contribution is -2.30. The molecule has 2 rings (SSSR count). The van der Waals surface area contributed by atoms with E-state index in [0.717, 1.165) is 6.26 Å². The van der Waals surface area contributed by atoms with Gasteiger partial charge in [0.25, 0.3) is 16.5 Å². The molecule has 0 saturated heterocycles. The lowest BCUT2D eigenvalue weighted by atomic mass is 9.95. The summed E-state index contributed by atoms with van der Waals surface area (Å²) < 4.78 is 38.6. The molecule has 38 heavy (non-hydrogen) atoms. The number of hydrogen-bond donors (Lipinski definition) is 0. The van der Waals surface area contributed by atoms with Crippen LogP contribution < -0.4 is 0 Å². The maximum absolute atomic E-state index is 12.9. The molecule has 0 aliphatic heterocycles. The molecule has 0 atom stereocenters. The predicted octanol–water partition coefficient (Wildman–Crippen LogP) is 2.46. The molecular weight excluding hydrogens is 532 g/mol. The number of esters is 1. The van der Waals surface area contributed by atoms with E-state index in [1.165, 1.54) is 24.3 Å². The van der Waals surface area contributed by atoms with Crippen LogP contribution in [0.2, 0.25) is 0 Å². The second kappa shape index (κ2) is 13.5. The van der Waals surface area contributed by atoms with Crippen molar-refractivity contribution < 1.29 is 52.1 Å². The first-order valence-corrected chi connectivity index (χ1v) is 12.5. The van der Waals surface area contributed by atoms with E-state index in [0.29, 0.717) is 11.1 Å². The minimum Gasteiger partial charge on any atom is -0.462 e. The van der Waals surface area contributed by atoms with Gasteiger partial charge in [0.2, 0.25) is 0 Å². The Bertz CT molecular complexity index is 1280. The molecule has 0 radical (unpaired) electrons. The molecule has 0 unspecified atom stereocenters. The highest BCUT2D eigenvalue weighted by Crippen LogP contribution is 2.29. The van der Waals surface area contributed by atoms with Crippen molar-refractivity contribution in [3.8, 4) is 0 Å². The van der Waals surface area contributed by atoms with Gasteiger partial charge in [-0.2, -0.15) is 0 Å². The van der Waals surface area contributed by atoms with Crippen molar-refractivity contribution in [2.45, 2.75) is 18.1 Å². The molecule has 204 valence electrons. The minimum atomic E-state index is -3.53. The number of benzene rings is 2. The third-order valence-electron chi connectivity index (χ3n) is 4.55. The van der Waals surface area contributed by atoms with Crippen LogP contribution in [-0.4, -0.2) is 63.1 Å². The third kappa shape index (κ3) is 9.05. The molecule has 0 aromatic heterocycles. The molecule has 0 spiro atoms. The van der Waals surface area contributed by atoms with Crippen molar-refractivity contribution in [3.63, 3.8) is 0 Å². The number of nitrogens with zero attached hydrogens (tertiary/aromatic N) is 2. The number of carbonyl (C=O) groups excluding carboxylic acids is 2. The van der Waals surface area contributed by atoms with Crippen molar-refractivity contribution in [1.82, 2.24) is 0 Å². The first-order chi connectivity index (χ1) is 17.9. The van der Waals surface area contributed by atoms with E-state index < -0.39 is 51.6 Å². The Labute approximate surface area is 215 Å². The molecule has 0 aliphatic carbocycles. The van der Waals surface area contributed by atoms with Crippen molar-refractivity contribution in [1.29, 1.82) is 0 Å². The van der Waals surface area contributed by atoms with Crippen LogP contribution in [0.15, 0.2) is 59.5 Å². The van der Waals surface area contributed by atoms with Crippen molar-refractivity contribution in [2.75, 3.05) is 26.1 Å². The summed E-state index contributed by atoms with van der Waals surface area (Å²) in [5, 5.41) is 18.1. The minimum absolute atomic E-state index is 0.000876. The fraction of sp³-hybridized carbons (Fsp3) is 0.273. The second-order valence-electron chi connectivity index (χ2n) is 7.17. The molecule has 16 heteroatoms. The maximum Gasteiger partial charge on any atom is 0.508 e. The lowest BCUT2D eigenvalue weighted by Gasteiger charge is -2.17. The van der Waals surface area contributed by atoms with Crippen molar-refractivity contribution in [2.24, 2.45) is 0 Å². The van der Waals surface area contributed by atoms with Gasteiger partial charge in [0.1, 0.15) is 13.2 Å². The topological polar surface area (TPSA) is 201 Å². The smallest absolute Gasteiger partial charge is 0.462 e. The van der Waals surface area contributed by atoms with Gasteiger partial charge in [-0.05, 0) is 30.2 Å². The van der Waals surface area contributed by atoms with Crippen LogP contribution in [0, 0.1) is 20.2 Å². The number of rotatable bonds is 13. The Kier molecular flexibility index (Phi) is 10.5. The number of hydrogen-bond acceptors (Lipinski definition) is 13. The van der Waals surface area contributed by atoms with Crippen LogP contribution >= 0.6 is 0 Å². The van der Waals surface area contributed by atoms with Crippen LogP contribution in [0.4, 0.5) is 4.79 Å². The number of sulfone groups is 1. The molecule has 0 fully saturated rings. The van der Waals surface area contributed by atoms with Gasteiger partial charge in [-0.1, -0.05) is 42.5 Å². The van der Waals surface area contributed by atoms with Crippen LogP contribution in [0.3, 0.4) is 0 Å². The summed E-state index contributed by atoms with van der Waals surface area (Å²) in [6, 6.07) is 13.6. The van der Waals surface area contributed by atoms with Gasteiger partial charge in [0.05, 0.1) is 17.1 Å². The van der Waals surface area contributed by atoms with Crippen molar-refractivity contribution >= 4 is 33.1 Å². The van der Waals surface area contributed by atoms with Crippen LogP contribution in [0.1, 0.15) is 18.1 Å². The van der Waals surface area contributed by atoms with E-state index in [-0.39, 0.29) is 22.6 Å². The fourth-order valence-electron chi connectivity index (χ4n) is 3.01. The summed E-state index contributed by atoms with van der Waals surface area (Å²) in [5.41, 5.74) is 0.789. The maximum atomic E-state index is 12.9. The Morgan fingerprint density at radius 1 is 0.868 bits per heavy atom. The fourth-order valence-corrected chi connectivity index (χ4v) is 3.64. The summed E-state index contributed by atoms with van der Waals surface area (Å²) in [7, 11) is -3.53. The average molecular weight is 554 g/mol. The summed E-state index contributed by atoms with van der Waals surface area (Å²) in [4.78, 5) is 53.8. The second-order valence-corrected chi connectivity index (χ2v) is 9.19. The molecular formula is C22H22N2O13S. The largest absolute Gasteiger partial charge is 0.508 e. The van der Waals surface area contributed by atoms with E-state index in [2.05, 4.69) is 14.4 Å². The van der Waals surface area contributed by atoms with E-state index in [9.17, 15) is 38.2 Å². The standard InChI is InChI=1S/C22H22N2O13S/c1-3-33-21(25)20(16-7-5-4-6-8-16)18(15-9-11-17(12-10-15)38(2,31)32)13-34-22(26)35-14-19(36-23(27)28)37-24(29)30/h4-12,19H,3,13-14H2,1-2H3. The molecule has 0 saturated carbocycles. The van der Waals surface area contributed by atoms with E-state index in [4.69, 9.17) is 9.47 Å². The Balaban J connectivity index is 2.41. The SMILES string of the molecule is CCOC(=O)C(=C(COC(=O)OCC(O[N+](=O)[O-])O[N+](=O)[O-])c1ccc(S(C)(=O)=O)cc1)c1ccccc1. The Morgan fingerprint density at radius 2 is 1.45 bits per heavy atom. The molecule has 2 aromatic carbocycles. The first kappa shape index (κ1) is 29.5. The summed E-state index contributed by atoms with van der Waals surface area (Å²) in [6.45, 7) is -0.0821. The molecule has 0 amide bonds. The highest BCUT2D eigenvalue weighted by Gasteiger charge is 2.24. The van der Waals surface area contributed by atoms with Gasteiger partial charge in [-0.25, -0.2) is 18.0 Å². The summed E-state index contributed by atoms with van der Waals surface area (Å²) >= 11 is 0. The Hall–Kier alpha value is -4.73. The molecule has 0 aliphatic rings. The summed E-state index contributed by atoms with van der Waals surface area (Å²) in [5.74, 6) is -0.767. The third-order valence-corrected chi connectivity index (χ3v) is 5.68. The van der Waals surface area contributed by atoms with Gasteiger partial charge in [-0.15, -0.1) is 20.2 Å². The van der Waals surface area contributed by atoms with E-state index in [1.807, 2.05) is 0 Å². The zero-order valence-electron chi connectivity index (χ0n) is 20.0. The molecule has 15 nitrogen and oxygen atoms in total. The van der Waals surface area contributed by atoms with Gasteiger partial charge in [0, 0.05) is 11.8 Å². The highest BCUT2D eigenvalue weighted by atomic mass is 32.2. The summed E-state index contributed by atoms with van der Waals surface area (Å²) in [6.07, 6.45) is -2.59. The monoisotopic (exact) mass is 554 g/mol. The predicted molar refractivity (Wildman–Crippen MR) is 127 cm³/mol. The zero-order valence-corrected chi connectivity index (χ0v) is 20.8. The zero-order chi connectivity index (χ0) is 28.3. The van der Waals surface area contributed by atoms with Crippen LogP contribution in [-0.2, 0) is 38.5 Å². The van der Waals surface area contributed by atoms with Gasteiger partial charge in [-0.3, -0.25) is 9.68 Å². The lowest BCUT2D eigenvalue weighted by molar-refractivity contribution is -0.851. The quantitative estimate of drug-likeness (QED) is 0.0873. The molecule has 0 bridgehead atoms. The molecule has 0 heterocycles. The number of carbonyl (C=O) groups is 2. The first-order valence-electron chi connectivity index (χ1n) is 10.6. The Morgan fingerprint density at radius 3 is 1.95 bits per heavy atom.